The lowest BCUT2D eigenvalue weighted by Crippen LogP contribution is -2.24. The van der Waals surface area contributed by atoms with Gasteiger partial charge in [0.25, 0.3) is 5.91 Å². The zero-order valence-electron chi connectivity index (χ0n) is 17.8. The Kier molecular flexibility index (Phi) is 6.59. The zero-order valence-corrected chi connectivity index (χ0v) is 18.6. The average molecular weight is 439 g/mol. The Hall–Kier alpha value is -2.83. The topological polar surface area (TPSA) is 68.2 Å². The summed E-state index contributed by atoms with van der Waals surface area (Å²) in [4.78, 5) is 12.7. The van der Waals surface area contributed by atoms with Gasteiger partial charge in [-0.2, -0.15) is 5.10 Å². The van der Waals surface area contributed by atoms with Crippen molar-refractivity contribution in [3.63, 3.8) is 0 Å². The quantitative estimate of drug-likeness (QED) is 0.569. The van der Waals surface area contributed by atoms with Crippen molar-refractivity contribution in [1.82, 2.24) is 15.1 Å². The summed E-state index contributed by atoms with van der Waals surface area (Å²) in [5.41, 5.74) is 4.74. The molecule has 0 bridgehead atoms. The van der Waals surface area contributed by atoms with E-state index in [0.717, 1.165) is 30.8 Å². The fourth-order valence-electron chi connectivity index (χ4n) is 3.58. The number of aromatic nitrogens is 2. The van der Waals surface area contributed by atoms with Gasteiger partial charge >= 0.3 is 0 Å². The number of nitrogens with zero attached hydrogens (tertiary/aromatic N) is 2. The van der Waals surface area contributed by atoms with Gasteiger partial charge in [-0.25, -0.2) is 0 Å². The highest BCUT2D eigenvalue weighted by Crippen LogP contribution is 2.25. The minimum atomic E-state index is -0.135. The van der Waals surface area contributed by atoms with Crippen LogP contribution >= 0.6 is 11.6 Å². The number of amides is 1. The molecule has 0 saturated carbocycles. The second kappa shape index (κ2) is 9.54. The molecule has 1 aliphatic heterocycles. The summed E-state index contributed by atoms with van der Waals surface area (Å²) < 4.78 is 7.69. The van der Waals surface area contributed by atoms with Gasteiger partial charge in [0.05, 0.1) is 25.0 Å². The molecule has 7 heteroatoms. The second-order valence-corrected chi connectivity index (χ2v) is 8.68. The minimum Gasteiger partial charge on any atom is -0.493 e. The number of ether oxygens (including phenoxy) is 1. The molecule has 3 aromatic rings. The second-order valence-electron chi connectivity index (χ2n) is 8.25. The molecule has 31 heavy (non-hydrogen) atoms. The Morgan fingerprint density at radius 2 is 2.13 bits per heavy atom. The molecule has 0 fully saturated rings. The minimum absolute atomic E-state index is 0.135. The van der Waals surface area contributed by atoms with Crippen LogP contribution in [0.3, 0.4) is 0 Å². The first-order valence-electron chi connectivity index (χ1n) is 10.6. The Balaban J connectivity index is 1.44. The molecule has 1 amide bonds. The van der Waals surface area contributed by atoms with Crippen LogP contribution in [0, 0.1) is 5.92 Å². The van der Waals surface area contributed by atoms with E-state index in [1.54, 1.807) is 10.9 Å². The summed E-state index contributed by atoms with van der Waals surface area (Å²) in [6.45, 7) is 7.14. The molecule has 162 valence electrons. The number of carbonyl (C=O) groups excluding carboxylic acids is 1. The van der Waals surface area contributed by atoms with Gasteiger partial charge in [0.1, 0.15) is 5.75 Å². The monoisotopic (exact) mass is 438 g/mol. The molecule has 0 aliphatic carbocycles. The number of carbonyl (C=O) groups is 1. The van der Waals surface area contributed by atoms with E-state index >= 15 is 0 Å². The van der Waals surface area contributed by atoms with Gasteiger partial charge in [0, 0.05) is 28.9 Å². The van der Waals surface area contributed by atoms with Crippen LogP contribution in [0.1, 0.15) is 40.9 Å². The van der Waals surface area contributed by atoms with Gasteiger partial charge in [-0.15, -0.1) is 0 Å². The van der Waals surface area contributed by atoms with Crippen molar-refractivity contribution in [2.24, 2.45) is 5.92 Å². The molecule has 2 heterocycles. The normalized spacial score (nSPS) is 13.2. The van der Waals surface area contributed by atoms with E-state index in [9.17, 15) is 4.79 Å². The third-order valence-corrected chi connectivity index (χ3v) is 5.41. The predicted octanol–water partition coefficient (Wildman–Crippen LogP) is 4.52. The van der Waals surface area contributed by atoms with Gasteiger partial charge in [-0.05, 0) is 60.3 Å². The maximum Gasteiger partial charge on any atom is 0.255 e. The number of halogens is 1. The Morgan fingerprint density at radius 1 is 1.26 bits per heavy atom. The molecule has 6 nitrogen and oxygen atoms in total. The van der Waals surface area contributed by atoms with E-state index in [1.807, 2.05) is 42.6 Å². The summed E-state index contributed by atoms with van der Waals surface area (Å²) in [6, 6.07) is 11.5. The van der Waals surface area contributed by atoms with Crippen LogP contribution in [0.25, 0.3) is 0 Å². The number of hydrogen-bond donors (Lipinski definition) is 2. The van der Waals surface area contributed by atoms with Crippen molar-refractivity contribution < 1.29 is 9.53 Å². The molecular formula is C24H27ClN4O2. The number of benzene rings is 2. The van der Waals surface area contributed by atoms with Crippen LogP contribution in [0.2, 0.25) is 5.02 Å². The zero-order chi connectivity index (χ0) is 21.8. The molecule has 0 unspecified atom stereocenters. The molecule has 1 aliphatic rings. The van der Waals surface area contributed by atoms with Crippen molar-refractivity contribution in [2.75, 3.05) is 18.5 Å². The van der Waals surface area contributed by atoms with Crippen molar-refractivity contribution in [2.45, 2.75) is 33.4 Å². The number of hydrogen-bond acceptors (Lipinski definition) is 4. The third-order valence-electron chi connectivity index (χ3n) is 5.17. The molecule has 4 rings (SSSR count). The summed E-state index contributed by atoms with van der Waals surface area (Å²) >= 11 is 6.19. The Labute approximate surface area is 187 Å². The summed E-state index contributed by atoms with van der Waals surface area (Å²) in [6.07, 6.45) is 4.40. The van der Waals surface area contributed by atoms with Gasteiger partial charge in [0.15, 0.2) is 0 Å². The first-order chi connectivity index (χ1) is 15.0. The smallest absolute Gasteiger partial charge is 0.255 e. The van der Waals surface area contributed by atoms with Crippen molar-refractivity contribution >= 4 is 23.2 Å². The molecule has 0 atom stereocenters. The lowest BCUT2D eigenvalue weighted by molar-refractivity contribution is 0.102. The fraction of sp³-hybridized carbons (Fsp3) is 0.333. The van der Waals surface area contributed by atoms with Crippen LogP contribution in [0.15, 0.2) is 48.8 Å². The van der Waals surface area contributed by atoms with E-state index in [1.165, 1.54) is 11.1 Å². The average Bonchev–Trinajstić information content (AvgIpc) is 3.19. The first kappa shape index (κ1) is 21.4. The highest BCUT2D eigenvalue weighted by Gasteiger charge is 2.14. The Morgan fingerprint density at radius 3 is 2.97 bits per heavy atom. The van der Waals surface area contributed by atoms with Crippen molar-refractivity contribution in [3.05, 3.63) is 76.1 Å². The Bertz CT molecular complexity index is 1080. The maximum atomic E-state index is 12.7. The lowest BCUT2D eigenvalue weighted by atomic mass is 9.98. The molecule has 0 radical (unpaired) electrons. The molecule has 0 spiro atoms. The van der Waals surface area contributed by atoms with Gasteiger partial charge < -0.3 is 15.4 Å². The SMILES string of the molecule is CC(C)COc1ccc(Cl)cc1Cn1cc(NC(=O)c2ccc3c(c2)CCNC3)cn1. The molecule has 1 aromatic heterocycles. The highest BCUT2D eigenvalue weighted by atomic mass is 35.5. The summed E-state index contributed by atoms with van der Waals surface area (Å²) in [5.74, 6) is 1.09. The van der Waals surface area contributed by atoms with Crippen LogP contribution in [0.5, 0.6) is 5.75 Å². The van der Waals surface area contributed by atoms with E-state index in [4.69, 9.17) is 16.3 Å². The van der Waals surface area contributed by atoms with Gasteiger partial charge in [-0.3, -0.25) is 9.48 Å². The molecule has 2 N–H and O–H groups in total. The standard InChI is InChI=1S/C24H27ClN4O2/c1-16(2)15-31-23-6-5-21(25)10-20(23)13-29-14-22(12-27-29)28-24(30)18-3-4-19-11-26-8-7-17(19)9-18/h3-6,9-10,12,14,16,26H,7-8,11,13,15H2,1-2H3,(H,28,30). The van der Waals surface area contributed by atoms with Crippen LogP contribution in [-0.4, -0.2) is 28.8 Å². The van der Waals surface area contributed by atoms with Crippen LogP contribution < -0.4 is 15.4 Å². The lowest BCUT2D eigenvalue weighted by Gasteiger charge is -2.17. The molecular weight excluding hydrogens is 412 g/mol. The van der Waals surface area contributed by atoms with E-state index in [2.05, 4.69) is 29.6 Å². The van der Waals surface area contributed by atoms with Gasteiger partial charge in [-0.1, -0.05) is 31.5 Å². The predicted molar refractivity (Wildman–Crippen MR) is 123 cm³/mol. The first-order valence-corrected chi connectivity index (χ1v) is 10.9. The fourth-order valence-corrected chi connectivity index (χ4v) is 3.77. The summed E-state index contributed by atoms with van der Waals surface area (Å²) in [7, 11) is 0. The largest absolute Gasteiger partial charge is 0.493 e. The van der Waals surface area contributed by atoms with Crippen LogP contribution in [0.4, 0.5) is 5.69 Å². The van der Waals surface area contributed by atoms with E-state index in [-0.39, 0.29) is 5.91 Å². The van der Waals surface area contributed by atoms with E-state index < -0.39 is 0 Å². The number of anilines is 1. The van der Waals surface area contributed by atoms with Crippen molar-refractivity contribution in [3.8, 4) is 5.75 Å². The van der Waals surface area contributed by atoms with Crippen molar-refractivity contribution in [1.29, 1.82) is 0 Å². The van der Waals surface area contributed by atoms with Crippen LogP contribution in [-0.2, 0) is 19.5 Å². The number of fused-ring (bicyclic) bond motifs is 1. The molecule has 0 saturated heterocycles. The number of nitrogens with one attached hydrogen (secondary N) is 2. The van der Waals surface area contributed by atoms with E-state index in [0.29, 0.717) is 35.3 Å². The highest BCUT2D eigenvalue weighted by molar-refractivity contribution is 6.30. The summed E-state index contributed by atoms with van der Waals surface area (Å²) in [5, 5.41) is 11.3. The molecule has 2 aromatic carbocycles. The van der Waals surface area contributed by atoms with Gasteiger partial charge in [0.2, 0.25) is 0 Å². The number of rotatable bonds is 7. The third kappa shape index (κ3) is 5.46. The maximum absolute atomic E-state index is 12.7.